The van der Waals surface area contributed by atoms with Gasteiger partial charge in [-0.3, -0.25) is 19.5 Å². The maximum atomic E-state index is 14.1. The molecule has 0 N–H and O–H groups in total. The summed E-state index contributed by atoms with van der Waals surface area (Å²) in [5, 5.41) is 11.0. The molecule has 1 atom stereocenters. The van der Waals surface area contributed by atoms with Crippen LogP contribution in [0.1, 0.15) is 43.5 Å². The minimum Gasteiger partial charge on any atom is -0.494 e. The number of nitro benzene ring substituents is 1. The molecule has 0 radical (unpaired) electrons. The van der Waals surface area contributed by atoms with Crippen molar-refractivity contribution in [3.63, 3.8) is 0 Å². The van der Waals surface area contributed by atoms with Gasteiger partial charge in [-0.1, -0.05) is 39.4 Å². The zero-order chi connectivity index (χ0) is 32.2. The molecule has 3 aromatic carbocycles. The number of carbonyl (C=O) groups excluding carboxylic acids is 1. The lowest BCUT2D eigenvalue weighted by molar-refractivity contribution is -0.384. The van der Waals surface area contributed by atoms with Crippen LogP contribution in [0.15, 0.2) is 86.2 Å². The van der Waals surface area contributed by atoms with E-state index in [1.807, 2.05) is 43.3 Å². The predicted molar refractivity (Wildman–Crippen MR) is 182 cm³/mol. The van der Waals surface area contributed by atoms with Crippen molar-refractivity contribution in [3.8, 4) is 11.5 Å². The van der Waals surface area contributed by atoms with E-state index in [2.05, 4.69) is 43.5 Å². The van der Waals surface area contributed by atoms with Crippen LogP contribution in [0.2, 0.25) is 0 Å². The van der Waals surface area contributed by atoms with E-state index in [0.29, 0.717) is 49.8 Å². The molecular weight excluding hydrogens is 777 g/mol. The third kappa shape index (κ3) is 7.05. The number of hydrogen-bond donors (Lipinski definition) is 0. The Balaban J connectivity index is 1.60. The number of carbonyl (C=O) groups is 1. The number of nitro groups is 1. The molecule has 232 valence electrons. The second kappa shape index (κ2) is 14.1. The third-order valence-corrected chi connectivity index (χ3v) is 9.12. The summed E-state index contributed by atoms with van der Waals surface area (Å²) in [5.41, 5.74) is 2.57. The van der Waals surface area contributed by atoms with Crippen LogP contribution in [0.5, 0.6) is 11.5 Å². The number of rotatable bonds is 10. The van der Waals surface area contributed by atoms with Crippen LogP contribution in [-0.2, 0) is 16.1 Å². The van der Waals surface area contributed by atoms with Gasteiger partial charge in [0.15, 0.2) is 4.80 Å². The van der Waals surface area contributed by atoms with Crippen LogP contribution in [0.4, 0.5) is 5.69 Å². The van der Waals surface area contributed by atoms with Crippen LogP contribution in [-0.4, -0.2) is 28.7 Å². The Kier molecular flexibility index (Phi) is 10.2. The number of nitrogens with zero attached hydrogens (tertiary/aromatic N) is 3. The maximum absolute atomic E-state index is 14.1. The van der Waals surface area contributed by atoms with Crippen LogP contribution in [0, 0.1) is 13.7 Å². The number of esters is 1. The van der Waals surface area contributed by atoms with Gasteiger partial charge < -0.3 is 14.2 Å². The highest BCUT2D eigenvalue weighted by molar-refractivity contribution is 14.1. The number of benzene rings is 3. The molecule has 0 spiro atoms. The zero-order valence-electron chi connectivity index (χ0n) is 24.4. The van der Waals surface area contributed by atoms with Crippen molar-refractivity contribution in [2.24, 2.45) is 4.99 Å². The van der Waals surface area contributed by atoms with Gasteiger partial charge in [0, 0.05) is 22.2 Å². The van der Waals surface area contributed by atoms with E-state index < -0.39 is 16.9 Å². The summed E-state index contributed by atoms with van der Waals surface area (Å²) in [6, 6.07) is 16.4. The molecule has 0 fully saturated rings. The van der Waals surface area contributed by atoms with E-state index in [0.717, 1.165) is 13.6 Å². The first kappa shape index (κ1) is 32.6. The first-order valence-corrected chi connectivity index (χ1v) is 16.6. The SMILES string of the molecule is CCOC(=O)C1=C(C)N=c2s/c(=C\c3cc(Br)cc(I)c3OCc3ccc([N+](=O)[O-])cc3)c(=O)n2[C@@H]1c1ccc(OCC)cc1. The van der Waals surface area contributed by atoms with Crippen molar-refractivity contribution in [3.05, 3.63) is 126 Å². The van der Waals surface area contributed by atoms with Gasteiger partial charge in [-0.25, -0.2) is 9.79 Å². The molecule has 2 heterocycles. The molecule has 0 bridgehead atoms. The largest absolute Gasteiger partial charge is 0.494 e. The van der Waals surface area contributed by atoms with Crippen molar-refractivity contribution < 1.29 is 23.9 Å². The lowest BCUT2D eigenvalue weighted by Gasteiger charge is -2.24. The highest BCUT2D eigenvalue weighted by Gasteiger charge is 2.33. The first-order chi connectivity index (χ1) is 21.6. The second-order valence-corrected chi connectivity index (χ2v) is 12.9. The number of thiazole rings is 1. The molecule has 4 aromatic rings. The van der Waals surface area contributed by atoms with Crippen molar-refractivity contribution in [2.75, 3.05) is 13.2 Å². The van der Waals surface area contributed by atoms with Crippen molar-refractivity contribution in [1.82, 2.24) is 4.57 Å². The fourth-order valence-corrected chi connectivity index (χ4v) is 7.61. The van der Waals surface area contributed by atoms with Gasteiger partial charge in [-0.15, -0.1) is 0 Å². The van der Waals surface area contributed by atoms with E-state index in [9.17, 15) is 19.7 Å². The van der Waals surface area contributed by atoms with Crippen molar-refractivity contribution in [2.45, 2.75) is 33.4 Å². The number of aromatic nitrogens is 1. The molecular formula is C32H27BrIN3O7S. The van der Waals surface area contributed by atoms with E-state index in [4.69, 9.17) is 14.2 Å². The summed E-state index contributed by atoms with van der Waals surface area (Å²) in [6.07, 6.45) is 1.75. The van der Waals surface area contributed by atoms with E-state index in [-0.39, 0.29) is 24.5 Å². The van der Waals surface area contributed by atoms with E-state index in [1.54, 1.807) is 32.1 Å². The zero-order valence-corrected chi connectivity index (χ0v) is 29.0. The lowest BCUT2D eigenvalue weighted by atomic mass is 9.96. The molecule has 1 aliphatic rings. The summed E-state index contributed by atoms with van der Waals surface area (Å²) in [5.74, 6) is 0.697. The Bertz CT molecular complexity index is 1990. The van der Waals surface area contributed by atoms with Crippen LogP contribution >= 0.6 is 49.9 Å². The Morgan fingerprint density at radius 2 is 1.82 bits per heavy atom. The molecule has 1 aromatic heterocycles. The summed E-state index contributed by atoms with van der Waals surface area (Å²) in [6.45, 7) is 6.23. The number of non-ortho nitro benzene ring substituents is 1. The fraction of sp³-hybridized carbons (Fsp3) is 0.219. The number of ether oxygens (including phenoxy) is 3. The molecule has 0 amide bonds. The monoisotopic (exact) mass is 803 g/mol. The summed E-state index contributed by atoms with van der Waals surface area (Å²) in [7, 11) is 0. The lowest BCUT2D eigenvalue weighted by Crippen LogP contribution is -2.39. The summed E-state index contributed by atoms with van der Waals surface area (Å²) < 4.78 is 20.7. The van der Waals surface area contributed by atoms with Gasteiger partial charge in [0.05, 0.1) is 43.6 Å². The molecule has 1 aliphatic heterocycles. The van der Waals surface area contributed by atoms with Gasteiger partial charge in [0.25, 0.3) is 11.2 Å². The standard InChI is InChI=1S/C32H27BrIN3O7S/c1-4-42-24-12-8-20(9-13-24)28-27(31(39)43-5-2)18(3)35-32-36(28)30(38)26(45-32)15-21-14-22(33)16-25(34)29(21)44-17-19-6-10-23(11-7-19)37(40)41/h6-16,28H,4-5,17H2,1-3H3/b26-15-/t28-/m1/s1. The van der Waals surface area contributed by atoms with E-state index >= 15 is 0 Å². The van der Waals surface area contributed by atoms with Crippen LogP contribution in [0.25, 0.3) is 6.08 Å². The number of hydrogen-bond acceptors (Lipinski definition) is 9. The van der Waals surface area contributed by atoms with Crippen molar-refractivity contribution in [1.29, 1.82) is 0 Å². The molecule has 5 rings (SSSR count). The minimum atomic E-state index is -0.751. The minimum absolute atomic E-state index is 0.00192. The topological polar surface area (TPSA) is 122 Å². The Morgan fingerprint density at radius 1 is 1.11 bits per heavy atom. The van der Waals surface area contributed by atoms with Gasteiger partial charge in [0.1, 0.15) is 18.1 Å². The fourth-order valence-electron chi connectivity index (χ4n) is 4.87. The molecule has 45 heavy (non-hydrogen) atoms. The smallest absolute Gasteiger partial charge is 0.338 e. The average molecular weight is 804 g/mol. The van der Waals surface area contributed by atoms with Crippen LogP contribution in [0.3, 0.4) is 0 Å². The summed E-state index contributed by atoms with van der Waals surface area (Å²) in [4.78, 5) is 43.0. The highest BCUT2D eigenvalue weighted by atomic mass is 127. The van der Waals surface area contributed by atoms with E-state index in [1.165, 1.54) is 28.0 Å². The molecule has 0 aliphatic carbocycles. The Hall–Kier alpha value is -3.82. The molecule has 0 unspecified atom stereocenters. The first-order valence-electron chi connectivity index (χ1n) is 13.9. The Labute approximate surface area is 284 Å². The van der Waals surface area contributed by atoms with Crippen molar-refractivity contribution >= 4 is 67.6 Å². The molecule has 0 saturated heterocycles. The molecule has 10 nitrogen and oxygen atoms in total. The number of halogens is 2. The Morgan fingerprint density at radius 3 is 2.47 bits per heavy atom. The van der Waals surface area contributed by atoms with Gasteiger partial charge in [-0.2, -0.15) is 0 Å². The summed E-state index contributed by atoms with van der Waals surface area (Å²) >= 11 is 6.93. The number of allylic oxidation sites excluding steroid dienone is 1. The predicted octanol–water partition coefficient (Wildman–Crippen LogP) is 6.05. The average Bonchev–Trinajstić information content (AvgIpc) is 3.30. The third-order valence-electron chi connectivity index (χ3n) is 6.88. The second-order valence-electron chi connectivity index (χ2n) is 9.82. The highest BCUT2D eigenvalue weighted by Crippen LogP contribution is 2.33. The molecule has 13 heteroatoms. The van der Waals surface area contributed by atoms with Crippen LogP contribution < -0.4 is 24.4 Å². The quantitative estimate of drug-likeness (QED) is 0.0829. The van der Waals surface area contributed by atoms with Gasteiger partial charge in [-0.05, 0) is 97.0 Å². The maximum Gasteiger partial charge on any atom is 0.338 e. The van der Waals surface area contributed by atoms with Gasteiger partial charge in [0.2, 0.25) is 0 Å². The number of fused-ring (bicyclic) bond motifs is 1. The normalized spacial score (nSPS) is 14.5. The van der Waals surface area contributed by atoms with Gasteiger partial charge >= 0.3 is 5.97 Å². The molecule has 0 saturated carbocycles.